The first-order valence-corrected chi connectivity index (χ1v) is 6.80. The maximum absolute atomic E-state index is 12.1. The van der Waals surface area contributed by atoms with Crippen molar-refractivity contribution in [1.82, 2.24) is 4.98 Å². The molecule has 0 atom stereocenters. The van der Waals surface area contributed by atoms with E-state index in [0.717, 1.165) is 11.4 Å². The van der Waals surface area contributed by atoms with Crippen molar-refractivity contribution >= 4 is 17.3 Å². The fourth-order valence-corrected chi connectivity index (χ4v) is 1.79. The number of hydrogen-bond acceptors (Lipinski definition) is 4. The summed E-state index contributed by atoms with van der Waals surface area (Å²) in [6, 6.07) is 10.8. The molecule has 0 saturated carbocycles. The quantitative estimate of drug-likeness (QED) is 0.885. The molecule has 0 aliphatic rings. The van der Waals surface area contributed by atoms with Gasteiger partial charge in [0.2, 0.25) is 0 Å². The Kier molecular flexibility index (Phi) is 4.77. The molecule has 0 unspecified atom stereocenters. The number of nitrogens with zero attached hydrogens (tertiary/aromatic N) is 1. The van der Waals surface area contributed by atoms with Gasteiger partial charge in [0.05, 0.1) is 6.10 Å². The molecule has 0 bridgehead atoms. The second-order valence-electron chi connectivity index (χ2n) is 4.82. The Labute approximate surface area is 124 Å². The molecule has 2 N–H and O–H groups in total. The highest BCUT2D eigenvalue weighted by Gasteiger charge is 2.08. The van der Waals surface area contributed by atoms with E-state index in [1.54, 1.807) is 37.5 Å². The summed E-state index contributed by atoms with van der Waals surface area (Å²) in [6.45, 7) is 3.94. The Bertz CT molecular complexity index is 609. The number of benzene rings is 1. The summed E-state index contributed by atoms with van der Waals surface area (Å²) < 4.78 is 5.56. The van der Waals surface area contributed by atoms with E-state index in [1.165, 1.54) is 0 Å². The lowest BCUT2D eigenvalue weighted by Crippen LogP contribution is -2.14. The van der Waals surface area contributed by atoms with E-state index in [0.29, 0.717) is 11.4 Å². The van der Waals surface area contributed by atoms with Crippen LogP contribution in [-0.4, -0.2) is 24.0 Å². The topological polar surface area (TPSA) is 63.2 Å². The van der Waals surface area contributed by atoms with Gasteiger partial charge in [0.25, 0.3) is 5.91 Å². The molecule has 0 radical (unpaired) electrons. The highest BCUT2D eigenvalue weighted by Crippen LogP contribution is 2.17. The summed E-state index contributed by atoms with van der Waals surface area (Å²) in [5, 5.41) is 5.78. The second-order valence-corrected chi connectivity index (χ2v) is 4.82. The molecule has 1 aromatic heterocycles. The van der Waals surface area contributed by atoms with E-state index < -0.39 is 0 Å². The fraction of sp³-hybridized carbons (Fsp3) is 0.250. The molecule has 5 heteroatoms. The molecule has 2 aromatic rings. The second kappa shape index (κ2) is 6.74. The van der Waals surface area contributed by atoms with Crippen molar-refractivity contribution in [2.75, 3.05) is 17.7 Å². The van der Waals surface area contributed by atoms with Crippen molar-refractivity contribution in [2.24, 2.45) is 0 Å². The van der Waals surface area contributed by atoms with Gasteiger partial charge in [-0.1, -0.05) is 0 Å². The summed E-state index contributed by atoms with van der Waals surface area (Å²) >= 11 is 0. The summed E-state index contributed by atoms with van der Waals surface area (Å²) in [6.07, 6.45) is 1.72. The van der Waals surface area contributed by atoms with Crippen LogP contribution in [0.4, 0.5) is 11.4 Å². The van der Waals surface area contributed by atoms with Crippen molar-refractivity contribution in [2.45, 2.75) is 20.0 Å². The Morgan fingerprint density at radius 1 is 1.14 bits per heavy atom. The van der Waals surface area contributed by atoms with Gasteiger partial charge < -0.3 is 15.4 Å². The molecular formula is C16H19N3O2. The van der Waals surface area contributed by atoms with E-state index in [9.17, 15) is 4.79 Å². The molecule has 0 spiro atoms. The zero-order valence-corrected chi connectivity index (χ0v) is 12.4. The minimum Gasteiger partial charge on any atom is -0.491 e. The molecule has 21 heavy (non-hydrogen) atoms. The molecule has 0 aliphatic carbocycles. The number of nitrogens with one attached hydrogen (secondary N) is 2. The molecule has 1 amide bonds. The van der Waals surface area contributed by atoms with Gasteiger partial charge in [-0.2, -0.15) is 0 Å². The third kappa shape index (κ3) is 4.21. The van der Waals surface area contributed by atoms with Gasteiger partial charge in [0.1, 0.15) is 11.4 Å². The van der Waals surface area contributed by atoms with E-state index in [-0.39, 0.29) is 12.0 Å². The summed E-state index contributed by atoms with van der Waals surface area (Å²) in [4.78, 5) is 16.2. The number of carbonyl (C=O) groups is 1. The third-order valence-corrected chi connectivity index (χ3v) is 2.77. The minimum absolute atomic E-state index is 0.124. The summed E-state index contributed by atoms with van der Waals surface area (Å²) in [5.74, 6) is 0.530. The van der Waals surface area contributed by atoms with Gasteiger partial charge in [-0.15, -0.1) is 0 Å². The smallest absolute Gasteiger partial charge is 0.274 e. The van der Waals surface area contributed by atoms with Crippen LogP contribution in [0.25, 0.3) is 0 Å². The first-order valence-electron chi connectivity index (χ1n) is 6.80. The van der Waals surface area contributed by atoms with Crippen LogP contribution in [0.15, 0.2) is 42.6 Å². The zero-order valence-electron chi connectivity index (χ0n) is 12.4. The standard InChI is InChI=1S/C16H19N3O2/c1-11(2)21-14-6-4-12(5-7-14)19-16(20)15-10-13(17-3)8-9-18-15/h4-11H,1-3H3,(H,17,18)(H,19,20). The molecule has 0 saturated heterocycles. The maximum atomic E-state index is 12.1. The van der Waals surface area contributed by atoms with Crippen molar-refractivity contribution in [1.29, 1.82) is 0 Å². The highest BCUT2D eigenvalue weighted by atomic mass is 16.5. The van der Waals surface area contributed by atoms with Crippen LogP contribution in [-0.2, 0) is 0 Å². The van der Waals surface area contributed by atoms with Gasteiger partial charge >= 0.3 is 0 Å². The third-order valence-electron chi connectivity index (χ3n) is 2.77. The minimum atomic E-state index is -0.246. The Balaban J connectivity index is 2.05. The normalized spacial score (nSPS) is 10.3. The van der Waals surface area contributed by atoms with Gasteiger partial charge in [0.15, 0.2) is 0 Å². The van der Waals surface area contributed by atoms with Gasteiger partial charge in [0, 0.05) is 24.6 Å². The maximum Gasteiger partial charge on any atom is 0.274 e. The Morgan fingerprint density at radius 2 is 1.86 bits per heavy atom. The predicted molar refractivity (Wildman–Crippen MR) is 83.9 cm³/mol. The van der Waals surface area contributed by atoms with Gasteiger partial charge in [-0.25, -0.2) is 0 Å². The first kappa shape index (κ1) is 14.8. The molecular weight excluding hydrogens is 266 g/mol. The Morgan fingerprint density at radius 3 is 2.48 bits per heavy atom. The monoisotopic (exact) mass is 285 g/mol. The number of anilines is 2. The van der Waals surface area contributed by atoms with Crippen molar-refractivity contribution in [3.63, 3.8) is 0 Å². The number of ether oxygens (including phenoxy) is 1. The molecule has 1 heterocycles. The SMILES string of the molecule is CNc1ccnc(C(=O)Nc2ccc(OC(C)C)cc2)c1. The number of amides is 1. The molecule has 0 aliphatic heterocycles. The highest BCUT2D eigenvalue weighted by molar-refractivity contribution is 6.03. The van der Waals surface area contributed by atoms with Gasteiger partial charge in [-0.05, 0) is 50.2 Å². The fourth-order valence-electron chi connectivity index (χ4n) is 1.79. The molecule has 1 aromatic carbocycles. The summed E-state index contributed by atoms with van der Waals surface area (Å²) in [5.41, 5.74) is 1.91. The number of rotatable bonds is 5. The predicted octanol–water partition coefficient (Wildman–Crippen LogP) is 3.16. The molecule has 110 valence electrons. The van der Waals surface area contributed by atoms with E-state index in [2.05, 4.69) is 15.6 Å². The Hall–Kier alpha value is -2.56. The van der Waals surface area contributed by atoms with Crippen LogP contribution in [0.2, 0.25) is 0 Å². The molecule has 5 nitrogen and oxygen atoms in total. The number of pyridine rings is 1. The van der Waals surface area contributed by atoms with Crippen molar-refractivity contribution in [3.05, 3.63) is 48.3 Å². The van der Waals surface area contributed by atoms with Crippen LogP contribution in [0.5, 0.6) is 5.75 Å². The van der Waals surface area contributed by atoms with Crippen LogP contribution < -0.4 is 15.4 Å². The van der Waals surface area contributed by atoms with Crippen LogP contribution >= 0.6 is 0 Å². The lowest BCUT2D eigenvalue weighted by Gasteiger charge is -2.10. The lowest BCUT2D eigenvalue weighted by atomic mass is 10.2. The van der Waals surface area contributed by atoms with E-state index in [4.69, 9.17) is 4.74 Å². The summed E-state index contributed by atoms with van der Waals surface area (Å²) in [7, 11) is 1.80. The zero-order chi connectivity index (χ0) is 15.2. The van der Waals surface area contributed by atoms with Crippen LogP contribution in [0.3, 0.4) is 0 Å². The number of aromatic nitrogens is 1. The largest absolute Gasteiger partial charge is 0.491 e. The number of hydrogen-bond donors (Lipinski definition) is 2. The van der Waals surface area contributed by atoms with Crippen molar-refractivity contribution in [3.8, 4) is 5.75 Å². The number of carbonyl (C=O) groups excluding carboxylic acids is 1. The average molecular weight is 285 g/mol. The first-order chi connectivity index (χ1) is 10.1. The van der Waals surface area contributed by atoms with Crippen LogP contribution in [0, 0.1) is 0 Å². The van der Waals surface area contributed by atoms with Crippen LogP contribution in [0.1, 0.15) is 24.3 Å². The average Bonchev–Trinajstić information content (AvgIpc) is 2.49. The van der Waals surface area contributed by atoms with E-state index in [1.807, 2.05) is 26.0 Å². The van der Waals surface area contributed by atoms with E-state index >= 15 is 0 Å². The lowest BCUT2D eigenvalue weighted by molar-refractivity contribution is 0.102. The molecule has 2 rings (SSSR count). The van der Waals surface area contributed by atoms with Gasteiger partial charge in [-0.3, -0.25) is 9.78 Å². The van der Waals surface area contributed by atoms with Crippen molar-refractivity contribution < 1.29 is 9.53 Å². The molecule has 0 fully saturated rings.